The van der Waals surface area contributed by atoms with Crippen molar-refractivity contribution < 1.29 is 37.7 Å². The molecule has 0 aromatic rings. The zero-order chi connectivity index (χ0) is 16.8. The van der Waals surface area contributed by atoms with Crippen molar-refractivity contribution >= 4 is 11.9 Å². The van der Waals surface area contributed by atoms with Gasteiger partial charge in [-0.1, -0.05) is 0 Å². The van der Waals surface area contributed by atoms with Gasteiger partial charge in [-0.05, 0) is 38.1 Å². The van der Waals surface area contributed by atoms with Crippen LogP contribution in [0.5, 0.6) is 0 Å². The average Bonchev–Trinajstić information content (AvgIpc) is 2.88. The Bertz CT molecular complexity index is 382. The molecule has 1 atom stereocenters. The second kappa shape index (κ2) is 8.33. The molecule has 2 fully saturated rings. The van der Waals surface area contributed by atoms with E-state index in [0.717, 1.165) is 52.0 Å². The molecule has 2 aliphatic rings. The number of aliphatic carboxylic acids is 2. The Balaban J connectivity index is 0.000000295. The molecule has 0 aromatic heterocycles. The number of likely N-dealkylation sites (tertiary alicyclic amines) is 1. The molecule has 1 unspecified atom stereocenters. The number of halogens is 3. The molecule has 128 valence electrons. The van der Waals surface area contributed by atoms with Gasteiger partial charge in [0.25, 0.3) is 0 Å². The number of carbonyl (C=O) groups is 2. The van der Waals surface area contributed by atoms with Crippen LogP contribution >= 0.6 is 0 Å². The highest BCUT2D eigenvalue weighted by Crippen LogP contribution is 2.23. The summed E-state index contributed by atoms with van der Waals surface area (Å²) in [5, 5.41) is 16.2. The van der Waals surface area contributed by atoms with Gasteiger partial charge in [-0.3, -0.25) is 9.69 Å². The number of hydrogen-bond donors (Lipinski definition) is 2. The highest BCUT2D eigenvalue weighted by molar-refractivity contribution is 5.73. The Kier molecular flexibility index (Phi) is 7.08. The number of rotatable bonds is 3. The van der Waals surface area contributed by atoms with Crippen LogP contribution < -0.4 is 0 Å². The fourth-order valence-electron chi connectivity index (χ4n) is 2.58. The third-order valence-corrected chi connectivity index (χ3v) is 3.72. The van der Waals surface area contributed by atoms with Crippen molar-refractivity contribution in [2.24, 2.45) is 5.92 Å². The van der Waals surface area contributed by atoms with E-state index in [2.05, 4.69) is 4.90 Å². The molecule has 0 radical (unpaired) electrons. The molecule has 0 amide bonds. The van der Waals surface area contributed by atoms with Crippen molar-refractivity contribution in [1.82, 2.24) is 4.90 Å². The number of carboxylic acids is 2. The summed E-state index contributed by atoms with van der Waals surface area (Å²) >= 11 is 0. The molecular weight excluding hydrogens is 307 g/mol. The lowest BCUT2D eigenvalue weighted by molar-refractivity contribution is -0.192. The van der Waals surface area contributed by atoms with Crippen molar-refractivity contribution in [3.63, 3.8) is 0 Å². The fourth-order valence-corrected chi connectivity index (χ4v) is 2.58. The first kappa shape index (κ1) is 18.7. The summed E-state index contributed by atoms with van der Waals surface area (Å²) in [5.74, 6) is -2.77. The van der Waals surface area contributed by atoms with Gasteiger partial charge in [-0.2, -0.15) is 13.2 Å². The van der Waals surface area contributed by atoms with E-state index in [4.69, 9.17) is 19.7 Å². The molecule has 0 aliphatic carbocycles. The van der Waals surface area contributed by atoms with Gasteiger partial charge in [-0.25, -0.2) is 4.79 Å². The standard InChI is InChI=1S/C11H19NO3.C2HF3O2/c13-11(14)10-2-1-5-12(10)8-9-3-6-15-7-4-9;3-2(4,5)1(6)7/h9-10H,1-8H2,(H,13,14);(H,6,7). The summed E-state index contributed by atoms with van der Waals surface area (Å²) in [4.78, 5) is 22.0. The van der Waals surface area contributed by atoms with E-state index in [1.807, 2.05) is 0 Å². The molecule has 2 heterocycles. The molecule has 9 heteroatoms. The number of hydrogen-bond acceptors (Lipinski definition) is 4. The van der Waals surface area contributed by atoms with Crippen LogP contribution in [0.4, 0.5) is 13.2 Å². The minimum absolute atomic E-state index is 0.229. The predicted octanol–water partition coefficient (Wildman–Crippen LogP) is 1.60. The normalized spacial score (nSPS) is 23.7. The van der Waals surface area contributed by atoms with Crippen LogP contribution in [0.2, 0.25) is 0 Å². The van der Waals surface area contributed by atoms with Crippen LogP contribution in [-0.4, -0.2) is 65.6 Å². The summed E-state index contributed by atoms with van der Waals surface area (Å²) in [7, 11) is 0. The largest absolute Gasteiger partial charge is 0.490 e. The maximum Gasteiger partial charge on any atom is 0.490 e. The molecule has 6 nitrogen and oxygen atoms in total. The van der Waals surface area contributed by atoms with Crippen molar-refractivity contribution in [3.05, 3.63) is 0 Å². The van der Waals surface area contributed by atoms with Gasteiger partial charge in [0, 0.05) is 19.8 Å². The monoisotopic (exact) mass is 327 g/mol. The van der Waals surface area contributed by atoms with Crippen molar-refractivity contribution in [3.8, 4) is 0 Å². The minimum atomic E-state index is -5.08. The van der Waals surface area contributed by atoms with Crippen LogP contribution in [0.15, 0.2) is 0 Å². The van der Waals surface area contributed by atoms with Gasteiger partial charge >= 0.3 is 18.1 Å². The van der Waals surface area contributed by atoms with Gasteiger partial charge in [0.2, 0.25) is 0 Å². The zero-order valence-corrected chi connectivity index (χ0v) is 12.0. The molecule has 0 bridgehead atoms. The fraction of sp³-hybridized carbons (Fsp3) is 0.846. The molecule has 0 saturated carbocycles. The first-order chi connectivity index (χ1) is 10.2. The molecule has 2 aliphatic heterocycles. The van der Waals surface area contributed by atoms with Gasteiger partial charge in [0.05, 0.1) is 0 Å². The summed E-state index contributed by atoms with van der Waals surface area (Å²) in [6, 6.07) is -0.229. The first-order valence-corrected chi connectivity index (χ1v) is 7.06. The summed E-state index contributed by atoms with van der Waals surface area (Å²) < 4.78 is 37.0. The Morgan fingerprint density at radius 1 is 1.14 bits per heavy atom. The quantitative estimate of drug-likeness (QED) is 0.819. The summed E-state index contributed by atoms with van der Waals surface area (Å²) in [6.07, 6.45) is -1.07. The van der Waals surface area contributed by atoms with Gasteiger partial charge < -0.3 is 14.9 Å². The van der Waals surface area contributed by atoms with E-state index >= 15 is 0 Å². The van der Waals surface area contributed by atoms with Crippen LogP contribution in [0.3, 0.4) is 0 Å². The van der Waals surface area contributed by atoms with E-state index in [-0.39, 0.29) is 6.04 Å². The number of alkyl halides is 3. The SMILES string of the molecule is O=C(O)C(F)(F)F.O=C(O)C1CCCN1CC1CCOCC1. The molecule has 22 heavy (non-hydrogen) atoms. The van der Waals surface area contributed by atoms with E-state index < -0.39 is 18.1 Å². The Labute approximate surface area is 125 Å². The second-order valence-electron chi connectivity index (χ2n) is 5.35. The molecule has 0 spiro atoms. The minimum Gasteiger partial charge on any atom is -0.480 e. The lowest BCUT2D eigenvalue weighted by Gasteiger charge is -2.29. The zero-order valence-electron chi connectivity index (χ0n) is 12.0. The van der Waals surface area contributed by atoms with Gasteiger partial charge in [0.1, 0.15) is 6.04 Å². The lowest BCUT2D eigenvalue weighted by atomic mass is 9.99. The second-order valence-corrected chi connectivity index (χ2v) is 5.35. The number of carboxylic acid groups (broad SMARTS) is 2. The van der Waals surface area contributed by atoms with E-state index in [1.54, 1.807) is 0 Å². The van der Waals surface area contributed by atoms with Crippen molar-refractivity contribution in [1.29, 1.82) is 0 Å². The third kappa shape index (κ3) is 6.18. The van der Waals surface area contributed by atoms with Crippen molar-refractivity contribution in [2.75, 3.05) is 26.3 Å². The van der Waals surface area contributed by atoms with Crippen LogP contribution in [-0.2, 0) is 14.3 Å². The van der Waals surface area contributed by atoms with Crippen LogP contribution in [0.1, 0.15) is 25.7 Å². The topological polar surface area (TPSA) is 87.1 Å². The van der Waals surface area contributed by atoms with E-state index in [9.17, 15) is 18.0 Å². The molecule has 2 rings (SSSR count). The smallest absolute Gasteiger partial charge is 0.480 e. The lowest BCUT2D eigenvalue weighted by Crippen LogP contribution is -2.40. The Hall–Kier alpha value is -1.35. The summed E-state index contributed by atoms with van der Waals surface area (Å²) in [5.41, 5.74) is 0. The number of nitrogens with zero attached hydrogens (tertiary/aromatic N) is 1. The maximum atomic E-state index is 11.0. The van der Waals surface area contributed by atoms with E-state index in [1.165, 1.54) is 0 Å². The van der Waals surface area contributed by atoms with Crippen LogP contribution in [0.25, 0.3) is 0 Å². The molecule has 2 N–H and O–H groups in total. The molecule has 0 aromatic carbocycles. The van der Waals surface area contributed by atoms with Gasteiger partial charge in [-0.15, -0.1) is 0 Å². The first-order valence-electron chi connectivity index (χ1n) is 7.06. The average molecular weight is 327 g/mol. The third-order valence-electron chi connectivity index (χ3n) is 3.72. The Morgan fingerprint density at radius 2 is 1.68 bits per heavy atom. The predicted molar refractivity (Wildman–Crippen MR) is 69.5 cm³/mol. The van der Waals surface area contributed by atoms with Gasteiger partial charge in [0.15, 0.2) is 0 Å². The van der Waals surface area contributed by atoms with Crippen molar-refractivity contribution in [2.45, 2.75) is 37.9 Å². The highest BCUT2D eigenvalue weighted by Gasteiger charge is 2.38. The molecule has 2 saturated heterocycles. The highest BCUT2D eigenvalue weighted by atomic mass is 19.4. The molecular formula is C13H20F3NO5. The van der Waals surface area contributed by atoms with Crippen LogP contribution in [0, 0.1) is 5.92 Å². The number of ether oxygens (including phenoxy) is 1. The summed E-state index contributed by atoms with van der Waals surface area (Å²) in [6.45, 7) is 3.58. The van der Waals surface area contributed by atoms with E-state index in [0.29, 0.717) is 5.92 Å². The maximum absolute atomic E-state index is 11.0. The Morgan fingerprint density at radius 3 is 2.14 bits per heavy atom.